The number of nitrogens with zero attached hydrogens (tertiary/aromatic N) is 3. The summed E-state index contributed by atoms with van der Waals surface area (Å²) in [5.74, 6) is 0.572. The molecule has 0 spiro atoms. The highest BCUT2D eigenvalue weighted by atomic mass is 19.1. The summed E-state index contributed by atoms with van der Waals surface area (Å²) in [6, 6.07) is 8.75. The molecule has 118 valence electrons. The fourth-order valence-electron chi connectivity index (χ4n) is 2.12. The molecule has 0 aliphatic heterocycles. The van der Waals surface area contributed by atoms with Gasteiger partial charge in [0.25, 0.3) is 0 Å². The van der Waals surface area contributed by atoms with Crippen molar-refractivity contribution < 1.29 is 4.39 Å². The predicted octanol–water partition coefficient (Wildman–Crippen LogP) is 1.82. The van der Waals surface area contributed by atoms with Crippen molar-refractivity contribution in [1.29, 1.82) is 0 Å². The number of aliphatic imine (C=N–C) groups is 1. The molecular formula is C16H22FN5. The summed E-state index contributed by atoms with van der Waals surface area (Å²) in [7, 11) is 1.73. The number of halogens is 1. The van der Waals surface area contributed by atoms with Crippen LogP contribution in [0.15, 0.2) is 47.7 Å². The van der Waals surface area contributed by atoms with E-state index in [2.05, 4.69) is 20.7 Å². The third kappa shape index (κ3) is 5.20. The molecule has 22 heavy (non-hydrogen) atoms. The number of aryl methyl sites for hydroxylation is 1. The quantitative estimate of drug-likeness (QED) is 0.466. The summed E-state index contributed by atoms with van der Waals surface area (Å²) in [6.45, 7) is 2.31. The van der Waals surface area contributed by atoms with Crippen molar-refractivity contribution in [1.82, 2.24) is 20.4 Å². The Balaban J connectivity index is 1.64. The first-order chi connectivity index (χ1) is 10.8. The number of hydrogen-bond donors (Lipinski definition) is 2. The average molecular weight is 303 g/mol. The maximum absolute atomic E-state index is 13.5. The zero-order valence-corrected chi connectivity index (χ0v) is 12.8. The Labute approximate surface area is 130 Å². The summed E-state index contributed by atoms with van der Waals surface area (Å²) in [6.07, 6.45) is 5.30. The summed E-state index contributed by atoms with van der Waals surface area (Å²) in [4.78, 5) is 4.15. The number of aromatic nitrogens is 2. The molecule has 0 aliphatic carbocycles. The Kier molecular flexibility index (Phi) is 6.41. The second kappa shape index (κ2) is 8.81. The van der Waals surface area contributed by atoms with Crippen LogP contribution in [0.1, 0.15) is 12.0 Å². The van der Waals surface area contributed by atoms with Gasteiger partial charge in [-0.1, -0.05) is 18.2 Å². The first kappa shape index (κ1) is 16.0. The number of guanidine groups is 1. The Morgan fingerprint density at radius 3 is 2.77 bits per heavy atom. The third-order valence-corrected chi connectivity index (χ3v) is 3.28. The highest BCUT2D eigenvalue weighted by Crippen LogP contribution is 2.05. The van der Waals surface area contributed by atoms with Gasteiger partial charge in [-0.15, -0.1) is 0 Å². The molecule has 2 aromatic rings. The van der Waals surface area contributed by atoms with Crippen LogP contribution in [0.5, 0.6) is 0 Å². The van der Waals surface area contributed by atoms with Crippen molar-refractivity contribution in [3.8, 4) is 0 Å². The highest BCUT2D eigenvalue weighted by Gasteiger charge is 2.01. The predicted molar refractivity (Wildman–Crippen MR) is 86.3 cm³/mol. The molecule has 0 amide bonds. The molecule has 6 heteroatoms. The molecule has 0 radical (unpaired) electrons. The van der Waals surface area contributed by atoms with Crippen LogP contribution in [-0.4, -0.2) is 35.9 Å². The van der Waals surface area contributed by atoms with Crippen LogP contribution in [0.3, 0.4) is 0 Å². The zero-order chi connectivity index (χ0) is 15.6. The van der Waals surface area contributed by atoms with E-state index in [-0.39, 0.29) is 5.82 Å². The van der Waals surface area contributed by atoms with Gasteiger partial charge in [0.15, 0.2) is 5.96 Å². The molecule has 0 unspecified atom stereocenters. The van der Waals surface area contributed by atoms with E-state index in [1.54, 1.807) is 25.4 Å². The second-order valence-electron chi connectivity index (χ2n) is 4.89. The molecule has 0 saturated carbocycles. The van der Waals surface area contributed by atoms with Crippen molar-refractivity contribution in [3.63, 3.8) is 0 Å². The summed E-state index contributed by atoms with van der Waals surface area (Å²) >= 11 is 0. The zero-order valence-electron chi connectivity index (χ0n) is 12.8. The van der Waals surface area contributed by atoms with Gasteiger partial charge in [-0.2, -0.15) is 5.10 Å². The normalized spacial score (nSPS) is 11.5. The molecule has 0 aliphatic rings. The van der Waals surface area contributed by atoms with E-state index in [1.807, 2.05) is 23.0 Å². The van der Waals surface area contributed by atoms with E-state index in [0.29, 0.717) is 18.5 Å². The second-order valence-corrected chi connectivity index (χ2v) is 4.89. The SMILES string of the molecule is CN=C(NCCCn1cccn1)NCCc1ccccc1F. The number of rotatable bonds is 7. The van der Waals surface area contributed by atoms with E-state index in [4.69, 9.17) is 0 Å². The van der Waals surface area contributed by atoms with Crippen molar-refractivity contribution in [3.05, 3.63) is 54.1 Å². The van der Waals surface area contributed by atoms with Crippen molar-refractivity contribution in [2.75, 3.05) is 20.1 Å². The third-order valence-electron chi connectivity index (χ3n) is 3.28. The van der Waals surface area contributed by atoms with Crippen LogP contribution >= 0.6 is 0 Å². The minimum atomic E-state index is -0.161. The van der Waals surface area contributed by atoms with E-state index < -0.39 is 0 Å². The molecule has 1 heterocycles. The van der Waals surface area contributed by atoms with Gasteiger partial charge in [-0.05, 0) is 30.5 Å². The Hall–Kier alpha value is -2.37. The lowest BCUT2D eigenvalue weighted by molar-refractivity contribution is 0.570. The summed E-state index contributed by atoms with van der Waals surface area (Å²) in [5.41, 5.74) is 0.712. The van der Waals surface area contributed by atoms with E-state index in [1.165, 1.54) is 6.07 Å². The lowest BCUT2D eigenvalue weighted by Gasteiger charge is -2.12. The lowest BCUT2D eigenvalue weighted by atomic mass is 10.1. The molecule has 1 aromatic heterocycles. The number of hydrogen-bond acceptors (Lipinski definition) is 2. The van der Waals surface area contributed by atoms with Gasteiger partial charge in [0.2, 0.25) is 0 Å². The fourth-order valence-corrected chi connectivity index (χ4v) is 2.12. The van der Waals surface area contributed by atoms with Gasteiger partial charge in [-0.25, -0.2) is 4.39 Å². The van der Waals surface area contributed by atoms with Crippen LogP contribution in [-0.2, 0) is 13.0 Å². The largest absolute Gasteiger partial charge is 0.356 e. The first-order valence-electron chi connectivity index (χ1n) is 7.45. The highest BCUT2D eigenvalue weighted by molar-refractivity contribution is 5.79. The van der Waals surface area contributed by atoms with Gasteiger partial charge < -0.3 is 10.6 Å². The molecule has 0 bridgehead atoms. The van der Waals surface area contributed by atoms with Crippen molar-refractivity contribution in [2.24, 2.45) is 4.99 Å². The van der Waals surface area contributed by atoms with Crippen LogP contribution in [0.2, 0.25) is 0 Å². The van der Waals surface area contributed by atoms with Gasteiger partial charge in [-0.3, -0.25) is 9.67 Å². The summed E-state index contributed by atoms with van der Waals surface area (Å²) < 4.78 is 15.4. The van der Waals surface area contributed by atoms with Crippen LogP contribution in [0.25, 0.3) is 0 Å². The molecule has 1 aromatic carbocycles. The van der Waals surface area contributed by atoms with E-state index >= 15 is 0 Å². The van der Waals surface area contributed by atoms with Crippen LogP contribution < -0.4 is 10.6 Å². The standard InChI is InChI=1S/C16H22FN5/c1-18-16(19-9-4-12-22-13-5-10-21-22)20-11-8-14-6-2-3-7-15(14)17/h2-3,5-7,10,13H,4,8-9,11-12H2,1H3,(H2,18,19,20). The van der Waals surface area contributed by atoms with Crippen molar-refractivity contribution in [2.45, 2.75) is 19.4 Å². The molecule has 0 fully saturated rings. The Morgan fingerprint density at radius 1 is 1.23 bits per heavy atom. The molecule has 0 atom stereocenters. The lowest BCUT2D eigenvalue weighted by Crippen LogP contribution is -2.39. The van der Waals surface area contributed by atoms with Gasteiger partial charge in [0.05, 0.1) is 0 Å². The topological polar surface area (TPSA) is 54.2 Å². The molecule has 2 rings (SSSR count). The average Bonchev–Trinajstić information content (AvgIpc) is 3.05. The monoisotopic (exact) mass is 303 g/mol. The molecular weight excluding hydrogens is 281 g/mol. The van der Waals surface area contributed by atoms with Gasteiger partial charge >= 0.3 is 0 Å². The van der Waals surface area contributed by atoms with Crippen LogP contribution in [0, 0.1) is 5.82 Å². The van der Waals surface area contributed by atoms with Gasteiger partial charge in [0.1, 0.15) is 5.82 Å². The maximum Gasteiger partial charge on any atom is 0.190 e. The first-order valence-corrected chi connectivity index (χ1v) is 7.45. The fraction of sp³-hybridized carbons (Fsp3) is 0.375. The summed E-state index contributed by atoms with van der Waals surface area (Å²) in [5, 5.41) is 10.6. The minimum absolute atomic E-state index is 0.161. The molecule has 5 nitrogen and oxygen atoms in total. The Bertz CT molecular complexity index is 580. The van der Waals surface area contributed by atoms with E-state index in [0.717, 1.165) is 25.5 Å². The number of benzene rings is 1. The molecule has 0 saturated heterocycles. The maximum atomic E-state index is 13.5. The minimum Gasteiger partial charge on any atom is -0.356 e. The van der Waals surface area contributed by atoms with Crippen molar-refractivity contribution >= 4 is 5.96 Å². The van der Waals surface area contributed by atoms with E-state index in [9.17, 15) is 4.39 Å². The van der Waals surface area contributed by atoms with Crippen LogP contribution in [0.4, 0.5) is 4.39 Å². The smallest absolute Gasteiger partial charge is 0.190 e. The number of nitrogens with one attached hydrogen (secondary N) is 2. The Morgan fingerprint density at radius 2 is 2.05 bits per heavy atom. The molecule has 2 N–H and O–H groups in total. The van der Waals surface area contributed by atoms with Gasteiger partial charge in [0, 0.05) is 39.1 Å².